The summed E-state index contributed by atoms with van der Waals surface area (Å²) in [6, 6.07) is 4.11. The molecule has 7 nitrogen and oxygen atoms in total. The van der Waals surface area contributed by atoms with Crippen molar-refractivity contribution >= 4 is 5.91 Å². The zero-order valence-electron chi connectivity index (χ0n) is 15.6. The molecule has 1 atom stereocenters. The first-order valence-electron chi connectivity index (χ1n) is 8.97. The third kappa shape index (κ3) is 4.60. The monoisotopic (exact) mass is 358 g/mol. The van der Waals surface area contributed by atoms with Crippen LogP contribution in [0.2, 0.25) is 0 Å². The smallest absolute Gasteiger partial charge is 0.220 e. The standard InChI is InChI=1S/C19H26N4O3/c1-13-17(14(2)26-22-13)5-6-18(24)21-16-8-9-23(12-16)11-15-4-7-19(25-3)20-10-15/h4,7,10,16H,5-6,8-9,11-12H2,1-3H3,(H,21,24)/t16-/m0/s1. The maximum Gasteiger partial charge on any atom is 0.220 e. The zero-order valence-corrected chi connectivity index (χ0v) is 15.6. The first-order valence-corrected chi connectivity index (χ1v) is 8.97. The molecule has 7 heteroatoms. The zero-order chi connectivity index (χ0) is 18.5. The lowest BCUT2D eigenvalue weighted by Gasteiger charge is -2.16. The Kier molecular flexibility index (Phi) is 5.88. The van der Waals surface area contributed by atoms with Crippen LogP contribution in [0.5, 0.6) is 5.88 Å². The molecule has 1 amide bonds. The van der Waals surface area contributed by atoms with Gasteiger partial charge < -0.3 is 14.6 Å². The van der Waals surface area contributed by atoms with Gasteiger partial charge in [-0.05, 0) is 32.3 Å². The van der Waals surface area contributed by atoms with Crippen molar-refractivity contribution < 1.29 is 14.1 Å². The lowest BCUT2D eigenvalue weighted by molar-refractivity contribution is -0.121. The molecule has 1 fully saturated rings. The fraction of sp³-hybridized carbons (Fsp3) is 0.526. The molecule has 2 aromatic heterocycles. The van der Waals surface area contributed by atoms with Crippen LogP contribution in [0.3, 0.4) is 0 Å². The molecular weight excluding hydrogens is 332 g/mol. The van der Waals surface area contributed by atoms with E-state index in [1.54, 1.807) is 7.11 Å². The first-order chi connectivity index (χ1) is 12.5. The van der Waals surface area contributed by atoms with E-state index in [0.717, 1.165) is 48.6 Å². The van der Waals surface area contributed by atoms with Gasteiger partial charge in [0, 0.05) is 49.9 Å². The van der Waals surface area contributed by atoms with Crippen LogP contribution in [0.15, 0.2) is 22.9 Å². The molecule has 0 saturated carbocycles. The van der Waals surface area contributed by atoms with Crippen LogP contribution in [0.25, 0.3) is 0 Å². The number of rotatable bonds is 7. The molecule has 0 unspecified atom stereocenters. The molecule has 1 aliphatic heterocycles. The predicted octanol–water partition coefficient (Wildman–Crippen LogP) is 2.02. The van der Waals surface area contributed by atoms with Crippen LogP contribution in [0, 0.1) is 13.8 Å². The van der Waals surface area contributed by atoms with Gasteiger partial charge in [-0.2, -0.15) is 0 Å². The van der Waals surface area contributed by atoms with Crippen LogP contribution in [0.4, 0.5) is 0 Å². The third-order valence-electron chi connectivity index (χ3n) is 4.83. The molecular formula is C19H26N4O3. The number of pyridine rings is 1. The van der Waals surface area contributed by atoms with Gasteiger partial charge in [0.1, 0.15) is 5.76 Å². The lowest BCUT2D eigenvalue weighted by Crippen LogP contribution is -2.37. The number of carbonyl (C=O) groups is 1. The first kappa shape index (κ1) is 18.4. The van der Waals surface area contributed by atoms with E-state index in [0.29, 0.717) is 18.7 Å². The Morgan fingerprint density at radius 3 is 2.92 bits per heavy atom. The molecule has 1 saturated heterocycles. The Morgan fingerprint density at radius 1 is 1.42 bits per heavy atom. The lowest BCUT2D eigenvalue weighted by atomic mass is 10.1. The van der Waals surface area contributed by atoms with Crippen molar-refractivity contribution in [3.63, 3.8) is 0 Å². The van der Waals surface area contributed by atoms with Crippen LogP contribution in [0.1, 0.15) is 35.4 Å². The number of amides is 1. The quantitative estimate of drug-likeness (QED) is 0.816. The normalized spacial score (nSPS) is 17.4. The molecule has 0 aliphatic carbocycles. The maximum absolute atomic E-state index is 12.2. The Balaban J connectivity index is 1.42. The highest BCUT2D eigenvalue weighted by Crippen LogP contribution is 2.16. The van der Waals surface area contributed by atoms with Gasteiger partial charge in [0.25, 0.3) is 0 Å². The summed E-state index contributed by atoms with van der Waals surface area (Å²) in [5, 5.41) is 7.08. The fourth-order valence-corrected chi connectivity index (χ4v) is 3.37. The molecule has 3 heterocycles. The van der Waals surface area contributed by atoms with E-state index in [-0.39, 0.29) is 11.9 Å². The molecule has 0 radical (unpaired) electrons. The Labute approximate surface area is 153 Å². The minimum absolute atomic E-state index is 0.0861. The second-order valence-electron chi connectivity index (χ2n) is 6.80. The summed E-state index contributed by atoms with van der Waals surface area (Å²) in [5.41, 5.74) is 3.06. The molecule has 0 bridgehead atoms. The molecule has 3 rings (SSSR count). The van der Waals surface area contributed by atoms with Crippen molar-refractivity contribution in [2.75, 3.05) is 20.2 Å². The van der Waals surface area contributed by atoms with E-state index in [1.165, 1.54) is 0 Å². The van der Waals surface area contributed by atoms with Crippen molar-refractivity contribution in [1.29, 1.82) is 0 Å². The highest BCUT2D eigenvalue weighted by atomic mass is 16.5. The molecule has 0 spiro atoms. The maximum atomic E-state index is 12.2. The van der Waals surface area contributed by atoms with Crippen molar-refractivity contribution in [3.8, 4) is 5.88 Å². The molecule has 2 aromatic rings. The van der Waals surface area contributed by atoms with Crippen molar-refractivity contribution in [3.05, 3.63) is 40.9 Å². The topological polar surface area (TPSA) is 80.5 Å². The van der Waals surface area contributed by atoms with E-state index < -0.39 is 0 Å². The number of nitrogens with zero attached hydrogens (tertiary/aromatic N) is 3. The number of aromatic nitrogens is 2. The molecule has 1 aliphatic rings. The number of ether oxygens (including phenoxy) is 1. The van der Waals surface area contributed by atoms with E-state index >= 15 is 0 Å². The van der Waals surface area contributed by atoms with Crippen molar-refractivity contribution in [1.82, 2.24) is 20.4 Å². The van der Waals surface area contributed by atoms with Gasteiger partial charge in [0.2, 0.25) is 11.8 Å². The van der Waals surface area contributed by atoms with Gasteiger partial charge in [-0.1, -0.05) is 11.2 Å². The predicted molar refractivity (Wildman–Crippen MR) is 96.9 cm³/mol. The number of hydrogen-bond donors (Lipinski definition) is 1. The summed E-state index contributed by atoms with van der Waals surface area (Å²) in [4.78, 5) is 18.8. The van der Waals surface area contributed by atoms with E-state index in [4.69, 9.17) is 9.26 Å². The fourth-order valence-electron chi connectivity index (χ4n) is 3.37. The summed E-state index contributed by atoms with van der Waals surface area (Å²) >= 11 is 0. The van der Waals surface area contributed by atoms with Crippen LogP contribution >= 0.6 is 0 Å². The molecule has 0 aromatic carbocycles. The summed E-state index contributed by atoms with van der Waals surface area (Å²) < 4.78 is 10.2. The van der Waals surface area contributed by atoms with Gasteiger partial charge in [-0.25, -0.2) is 4.98 Å². The average Bonchev–Trinajstić information content (AvgIpc) is 3.20. The Hall–Kier alpha value is -2.41. The number of hydrogen-bond acceptors (Lipinski definition) is 6. The minimum Gasteiger partial charge on any atom is -0.481 e. The Bertz CT molecular complexity index is 722. The summed E-state index contributed by atoms with van der Waals surface area (Å²) in [6.07, 6.45) is 3.94. The molecule has 26 heavy (non-hydrogen) atoms. The van der Waals surface area contributed by atoms with E-state index in [1.807, 2.05) is 32.2 Å². The number of methoxy groups -OCH3 is 1. The van der Waals surface area contributed by atoms with E-state index in [9.17, 15) is 4.79 Å². The summed E-state index contributed by atoms with van der Waals surface area (Å²) in [5.74, 6) is 1.51. The van der Waals surface area contributed by atoms with Crippen LogP contribution in [-0.4, -0.2) is 47.2 Å². The second kappa shape index (κ2) is 8.31. The summed E-state index contributed by atoms with van der Waals surface area (Å²) in [7, 11) is 1.61. The number of carbonyl (C=O) groups excluding carboxylic acids is 1. The molecule has 140 valence electrons. The highest BCUT2D eigenvalue weighted by molar-refractivity contribution is 5.76. The minimum atomic E-state index is 0.0861. The average molecular weight is 358 g/mol. The second-order valence-corrected chi connectivity index (χ2v) is 6.80. The highest BCUT2D eigenvalue weighted by Gasteiger charge is 2.24. The van der Waals surface area contributed by atoms with Gasteiger partial charge in [0.05, 0.1) is 12.8 Å². The largest absolute Gasteiger partial charge is 0.481 e. The number of aryl methyl sites for hydroxylation is 2. The molecule has 1 N–H and O–H groups in total. The SMILES string of the molecule is COc1ccc(CN2CC[C@H](NC(=O)CCc3c(C)noc3C)C2)cn1. The van der Waals surface area contributed by atoms with Crippen LogP contribution < -0.4 is 10.1 Å². The van der Waals surface area contributed by atoms with Crippen molar-refractivity contribution in [2.45, 2.75) is 45.7 Å². The number of likely N-dealkylation sites (tertiary alicyclic amines) is 1. The van der Waals surface area contributed by atoms with Crippen LogP contribution in [-0.2, 0) is 17.8 Å². The van der Waals surface area contributed by atoms with Gasteiger partial charge >= 0.3 is 0 Å². The summed E-state index contributed by atoms with van der Waals surface area (Å²) in [6.45, 7) is 6.47. The third-order valence-corrected chi connectivity index (χ3v) is 4.83. The van der Waals surface area contributed by atoms with Gasteiger partial charge in [-0.15, -0.1) is 0 Å². The van der Waals surface area contributed by atoms with Crippen molar-refractivity contribution in [2.24, 2.45) is 0 Å². The Morgan fingerprint density at radius 2 is 2.27 bits per heavy atom. The van der Waals surface area contributed by atoms with E-state index in [2.05, 4.69) is 20.4 Å². The van der Waals surface area contributed by atoms with Gasteiger partial charge in [-0.3, -0.25) is 9.69 Å². The van der Waals surface area contributed by atoms with Gasteiger partial charge in [0.15, 0.2) is 0 Å². The number of nitrogens with one attached hydrogen (secondary N) is 1.